The predicted octanol–water partition coefficient (Wildman–Crippen LogP) is 4.49. The minimum Gasteiger partial charge on any atom is -0.314 e. The van der Waals surface area contributed by atoms with Crippen molar-refractivity contribution in [2.75, 3.05) is 6.54 Å². The zero-order chi connectivity index (χ0) is 24.7. The van der Waals surface area contributed by atoms with Gasteiger partial charge in [-0.05, 0) is 54.8 Å². The fraction of sp³-hybridized carbons (Fsp3) is 0.200. The van der Waals surface area contributed by atoms with E-state index in [0.717, 1.165) is 28.5 Å². The van der Waals surface area contributed by atoms with Crippen LogP contribution in [-0.4, -0.2) is 29.7 Å². The van der Waals surface area contributed by atoms with E-state index in [1.165, 1.54) is 39.2 Å². The number of aryl methyl sites for hydroxylation is 1. The Hall–Kier alpha value is -3.21. The third kappa shape index (κ3) is 4.33. The van der Waals surface area contributed by atoms with Crippen LogP contribution in [0.5, 0.6) is 0 Å². The van der Waals surface area contributed by atoms with Gasteiger partial charge < -0.3 is 4.57 Å². The van der Waals surface area contributed by atoms with Crippen molar-refractivity contribution in [3.05, 3.63) is 93.8 Å². The van der Waals surface area contributed by atoms with Gasteiger partial charge in [-0.3, -0.25) is 4.79 Å². The van der Waals surface area contributed by atoms with Gasteiger partial charge in [0.15, 0.2) is 10.6 Å². The number of sulfonamides is 1. The quantitative estimate of drug-likeness (QED) is 0.404. The summed E-state index contributed by atoms with van der Waals surface area (Å²) in [4.78, 5) is 17.2. The Morgan fingerprint density at radius 3 is 2.49 bits per heavy atom. The molecule has 1 aliphatic heterocycles. The SMILES string of the molecule is CCn1c(=NC(=O)c2ccc(S(=O)(=O)N3CCc4ccccc4C3)cc2)sc2cc(F)cc(F)c21. The Balaban J connectivity index is 1.43. The van der Waals surface area contributed by atoms with E-state index in [1.807, 2.05) is 24.3 Å². The third-order valence-corrected chi connectivity index (χ3v) is 8.93. The molecular formula is C25H21F2N3O3S2. The van der Waals surface area contributed by atoms with Crippen molar-refractivity contribution in [2.24, 2.45) is 4.99 Å². The molecule has 0 aliphatic carbocycles. The molecule has 0 spiro atoms. The van der Waals surface area contributed by atoms with Crippen LogP contribution in [-0.2, 0) is 29.5 Å². The number of halogens is 2. The summed E-state index contributed by atoms with van der Waals surface area (Å²) < 4.78 is 57.6. The van der Waals surface area contributed by atoms with Gasteiger partial charge in [0.25, 0.3) is 5.91 Å². The summed E-state index contributed by atoms with van der Waals surface area (Å²) in [5, 5.41) is 0. The zero-order valence-electron chi connectivity index (χ0n) is 18.7. The molecule has 0 bridgehead atoms. The van der Waals surface area contributed by atoms with Gasteiger partial charge in [0.05, 0.1) is 15.1 Å². The molecule has 180 valence electrons. The summed E-state index contributed by atoms with van der Waals surface area (Å²) in [6.45, 7) is 2.80. The summed E-state index contributed by atoms with van der Waals surface area (Å²) in [6.07, 6.45) is 0.641. The van der Waals surface area contributed by atoms with Crippen molar-refractivity contribution >= 4 is 37.5 Å². The number of carbonyl (C=O) groups is 1. The van der Waals surface area contributed by atoms with Gasteiger partial charge in [0, 0.05) is 31.3 Å². The molecule has 0 radical (unpaired) electrons. The Morgan fingerprint density at radius 1 is 1.06 bits per heavy atom. The molecule has 0 saturated heterocycles. The van der Waals surface area contributed by atoms with Crippen LogP contribution >= 0.6 is 11.3 Å². The fourth-order valence-electron chi connectivity index (χ4n) is 4.25. The third-order valence-electron chi connectivity index (χ3n) is 6.04. The first kappa shape index (κ1) is 23.5. The lowest BCUT2D eigenvalue weighted by Gasteiger charge is -2.28. The highest BCUT2D eigenvalue weighted by molar-refractivity contribution is 7.89. The van der Waals surface area contributed by atoms with E-state index in [2.05, 4.69) is 4.99 Å². The highest BCUT2D eigenvalue weighted by Gasteiger charge is 2.28. The molecule has 0 atom stereocenters. The summed E-state index contributed by atoms with van der Waals surface area (Å²) >= 11 is 1.01. The highest BCUT2D eigenvalue weighted by atomic mass is 32.2. The van der Waals surface area contributed by atoms with Crippen LogP contribution in [0.3, 0.4) is 0 Å². The van der Waals surface area contributed by atoms with E-state index in [9.17, 15) is 22.0 Å². The Kier molecular flexibility index (Phi) is 6.12. The van der Waals surface area contributed by atoms with Crippen molar-refractivity contribution in [2.45, 2.75) is 31.3 Å². The topological polar surface area (TPSA) is 71.7 Å². The normalized spacial score (nSPS) is 14.9. The standard InChI is InChI=1S/C25H21F2N3O3S2/c1-2-30-23-21(27)13-19(26)14-22(23)34-25(30)28-24(31)17-7-9-20(10-8-17)35(32,33)29-12-11-16-5-3-4-6-18(16)15-29/h3-10,13-14H,2,11-12,15H2,1H3. The molecule has 5 rings (SSSR count). The van der Waals surface area contributed by atoms with Crippen molar-refractivity contribution in [3.63, 3.8) is 0 Å². The molecule has 2 heterocycles. The molecule has 35 heavy (non-hydrogen) atoms. The molecule has 0 N–H and O–H groups in total. The Morgan fingerprint density at radius 2 is 1.77 bits per heavy atom. The van der Waals surface area contributed by atoms with E-state index in [-0.39, 0.29) is 20.8 Å². The molecule has 4 aromatic rings. The molecule has 1 amide bonds. The number of hydrogen-bond acceptors (Lipinski definition) is 4. The minimum absolute atomic E-state index is 0.0939. The fourth-order valence-corrected chi connectivity index (χ4v) is 6.80. The smallest absolute Gasteiger partial charge is 0.279 e. The number of rotatable bonds is 4. The highest BCUT2D eigenvalue weighted by Crippen LogP contribution is 2.25. The van der Waals surface area contributed by atoms with E-state index in [4.69, 9.17) is 0 Å². The Labute approximate surface area is 204 Å². The van der Waals surface area contributed by atoms with Crippen LogP contribution in [0.15, 0.2) is 70.6 Å². The van der Waals surface area contributed by atoms with Gasteiger partial charge in [-0.25, -0.2) is 17.2 Å². The van der Waals surface area contributed by atoms with Crippen LogP contribution in [0.4, 0.5) is 8.78 Å². The second-order valence-corrected chi connectivity index (χ2v) is 11.1. The number of carbonyl (C=O) groups excluding carboxylic acids is 1. The average Bonchev–Trinajstić information content (AvgIpc) is 3.20. The first-order valence-corrected chi connectivity index (χ1v) is 13.3. The largest absolute Gasteiger partial charge is 0.314 e. The van der Waals surface area contributed by atoms with Gasteiger partial charge in [0.1, 0.15) is 5.82 Å². The molecule has 0 fully saturated rings. The molecule has 1 aromatic heterocycles. The molecule has 3 aromatic carbocycles. The van der Waals surface area contributed by atoms with Gasteiger partial charge >= 0.3 is 0 Å². The molecule has 1 aliphatic rings. The number of hydrogen-bond donors (Lipinski definition) is 0. The summed E-state index contributed by atoms with van der Waals surface area (Å²) in [5.74, 6) is -2.02. The van der Waals surface area contributed by atoms with Gasteiger partial charge in [-0.15, -0.1) is 0 Å². The molecule has 10 heteroatoms. The van der Waals surface area contributed by atoms with Gasteiger partial charge in [-0.1, -0.05) is 35.6 Å². The van der Waals surface area contributed by atoms with Crippen LogP contribution in [0.25, 0.3) is 10.2 Å². The second kappa shape index (κ2) is 9.10. The van der Waals surface area contributed by atoms with Crippen LogP contribution < -0.4 is 4.80 Å². The number of aromatic nitrogens is 1. The molecular weight excluding hydrogens is 492 g/mol. The second-order valence-electron chi connectivity index (χ2n) is 8.16. The summed E-state index contributed by atoms with van der Waals surface area (Å²) in [6, 6.07) is 15.4. The lowest BCUT2D eigenvalue weighted by molar-refractivity contribution is 0.0997. The number of amides is 1. The monoisotopic (exact) mass is 513 g/mol. The number of thiazole rings is 1. The van der Waals surface area contributed by atoms with Crippen molar-refractivity contribution < 1.29 is 22.0 Å². The van der Waals surface area contributed by atoms with E-state index in [1.54, 1.807) is 6.92 Å². The molecule has 0 saturated carbocycles. The lowest BCUT2D eigenvalue weighted by atomic mass is 10.0. The summed E-state index contributed by atoms with van der Waals surface area (Å²) in [5.41, 5.74) is 2.51. The lowest BCUT2D eigenvalue weighted by Crippen LogP contribution is -2.35. The van der Waals surface area contributed by atoms with Gasteiger partial charge in [-0.2, -0.15) is 9.30 Å². The maximum atomic E-state index is 14.3. The maximum Gasteiger partial charge on any atom is 0.279 e. The number of benzene rings is 3. The minimum atomic E-state index is -3.73. The molecule has 6 nitrogen and oxygen atoms in total. The Bertz CT molecular complexity index is 1620. The van der Waals surface area contributed by atoms with Crippen LogP contribution in [0, 0.1) is 11.6 Å². The van der Waals surface area contributed by atoms with E-state index >= 15 is 0 Å². The van der Waals surface area contributed by atoms with Gasteiger partial charge in [0.2, 0.25) is 10.0 Å². The van der Waals surface area contributed by atoms with E-state index in [0.29, 0.717) is 30.8 Å². The summed E-state index contributed by atoms with van der Waals surface area (Å²) in [7, 11) is -3.73. The predicted molar refractivity (Wildman–Crippen MR) is 129 cm³/mol. The van der Waals surface area contributed by atoms with Crippen molar-refractivity contribution in [1.82, 2.24) is 8.87 Å². The first-order chi connectivity index (χ1) is 16.8. The van der Waals surface area contributed by atoms with E-state index < -0.39 is 27.6 Å². The average molecular weight is 514 g/mol. The van der Waals surface area contributed by atoms with Crippen LogP contribution in [0.2, 0.25) is 0 Å². The maximum absolute atomic E-state index is 14.3. The molecule has 0 unspecified atom stereocenters. The number of fused-ring (bicyclic) bond motifs is 2. The van der Waals surface area contributed by atoms with Crippen molar-refractivity contribution in [1.29, 1.82) is 0 Å². The zero-order valence-corrected chi connectivity index (χ0v) is 20.4. The first-order valence-electron chi connectivity index (χ1n) is 11.0. The van der Waals surface area contributed by atoms with Crippen molar-refractivity contribution in [3.8, 4) is 0 Å². The van der Waals surface area contributed by atoms with Crippen LogP contribution in [0.1, 0.15) is 28.4 Å². The number of nitrogens with zero attached hydrogens (tertiary/aromatic N) is 3.